The summed E-state index contributed by atoms with van der Waals surface area (Å²) in [5.74, 6) is 0.172. The Morgan fingerprint density at radius 1 is 1.14 bits per heavy atom. The molecule has 0 aliphatic carbocycles. The number of nitrogens with zero attached hydrogens (tertiary/aromatic N) is 3. The van der Waals surface area contributed by atoms with Gasteiger partial charge < -0.3 is 9.88 Å². The van der Waals surface area contributed by atoms with E-state index in [0.29, 0.717) is 5.02 Å². The quantitative estimate of drug-likeness (QED) is 0.729. The lowest BCUT2D eigenvalue weighted by Gasteiger charge is -2.38. The maximum Gasteiger partial charge on any atom is 0.232 e. The van der Waals surface area contributed by atoms with E-state index in [4.69, 9.17) is 11.6 Å². The number of benzene rings is 1. The van der Waals surface area contributed by atoms with E-state index in [0.717, 1.165) is 49.2 Å². The zero-order valence-electron chi connectivity index (χ0n) is 16.3. The normalized spacial score (nSPS) is 15.9. The highest BCUT2D eigenvalue weighted by Gasteiger charge is 2.35. The minimum Gasteiger partial charge on any atom is -0.357 e. The van der Waals surface area contributed by atoms with Crippen molar-refractivity contribution in [2.24, 2.45) is 0 Å². The van der Waals surface area contributed by atoms with E-state index < -0.39 is 5.41 Å². The van der Waals surface area contributed by atoms with Crippen LogP contribution in [0.3, 0.4) is 0 Å². The molecule has 1 aromatic carbocycles. The van der Waals surface area contributed by atoms with Crippen LogP contribution in [0.15, 0.2) is 48.8 Å². The molecule has 1 saturated heterocycles. The number of hydrogen-bond donors (Lipinski definition) is 1. The summed E-state index contributed by atoms with van der Waals surface area (Å²) in [6, 6.07) is 11.7. The monoisotopic (exact) mass is 396 g/mol. The molecule has 0 radical (unpaired) electrons. The van der Waals surface area contributed by atoms with E-state index in [9.17, 15) is 4.79 Å². The molecule has 5 nitrogen and oxygen atoms in total. The summed E-state index contributed by atoms with van der Waals surface area (Å²) in [7, 11) is 0. The van der Waals surface area contributed by atoms with Crippen LogP contribution in [-0.2, 0) is 16.8 Å². The summed E-state index contributed by atoms with van der Waals surface area (Å²) < 4.78 is 0. The number of carbonyl (C=O) groups is 1. The number of pyridine rings is 1. The Morgan fingerprint density at radius 2 is 1.86 bits per heavy atom. The number of hydrogen-bond acceptors (Lipinski definition) is 3. The van der Waals surface area contributed by atoms with Gasteiger partial charge in [0, 0.05) is 66.7 Å². The molecule has 4 rings (SSSR count). The van der Waals surface area contributed by atoms with E-state index >= 15 is 0 Å². The number of piperazine rings is 1. The first-order valence-corrected chi connectivity index (χ1v) is 10.0. The van der Waals surface area contributed by atoms with Crippen molar-refractivity contribution in [2.45, 2.75) is 25.8 Å². The summed E-state index contributed by atoms with van der Waals surface area (Å²) in [6.07, 6.45) is 3.68. The van der Waals surface area contributed by atoms with Crippen LogP contribution < -0.4 is 0 Å². The number of aromatic amines is 1. The van der Waals surface area contributed by atoms with Gasteiger partial charge >= 0.3 is 0 Å². The van der Waals surface area contributed by atoms with Gasteiger partial charge in [-0.1, -0.05) is 23.7 Å². The Kier molecular flexibility index (Phi) is 5.13. The smallest absolute Gasteiger partial charge is 0.232 e. The van der Waals surface area contributed by atoms with Crippen LogP contribution in [0.25, 0.3) is 10.9 Å². The first-order valence-electron chi connectivity index (χ1n) is 9.63. The highest BCUT2D eigenvalue weighted by atomic mass is 35.5. The molecule has 0 saturated carbocycles. The average Bonchev–Trinajstić information content (AvgIpc) is 3.10. The van der Waals surface area contributed by atoms with Crippen LogP contribution in [0.2, 0.25) is 5.02 Å². The average molecular weight is 397 g/mol. The summed E-state index contributed by atoms with van der Waals surface area (Å²) in [6.45, 7) is 8.07. The molecule has 3 heterocycles. The molecule has 146 valence electrons. The fourth-order valence-electron chi connectivity index (χ4n) is 3.85. The molecule has 1 aliphatic heterocycles. The molecular formula is C22H25ClN4O. The second-order valence-corrected chi connectivity index (χ2v) is 8.39. The molecule has 0 spiro atoms. The van der Waals surface area contributed by atoms with Gasteiger partial charge in [0.1, 0.15) is 0 Å². The summed E-state index contributed by atoms with van der Waals surface area (Å²) >= 11 is 5.99. The standard InChI is InChI=1S/C22H25ClN4O/c1-22(2,17-3-5-18(23)6-4-17)21(28)27-11-9-26(10-12-27)15-19-13-16-14-24-8-7-20(16)25-19/h3-8,13-14,25H,9-12,15H2,1-2H3. The lowest BCUT2D eigenvalue weighted by molar-refractivity contribution is -0.138. The Hall–Kier alpha value is -2.37. The summed E-state index contributed by atoms with van der Waals surface area (Å²) in [5.41, 5.74) is 2.74. The molecule has 1 fully saturated rings. The minimum absolute atomic E-state index is 0.172. The van der Waals surface area contributed by atoms with E-state index in [1.54, 1.807) is 6.20 Å². The van der Waals surface area contributed by atoms with Crippen molar-refractivity contribution in [2.75, 3.05) is 26.2 Å². The van der Waals surface area contributed by atoms with Crippen LogP contribution in [0.4, 0.5) is 0 Å². The molecular weight excluding hydrogens is 372 g/mol. The minimum atomic E-state index is -0.559. The lowest BCUT2D eigenvalue weighted by Crippen LogP contribution is -2.52. The Morgan fingerprint density at radius 3 is 2.54 bits per heavy atom. The second-order valence-electron chi connectivity index (χ2n) is 7.96. The molecule has 2 aromatic heterocycles. The van der Waals surface area contributed by atoms with Crippen molar-refractivity contribution in [3.05, 3.63) is 65.1 Å². The van der Waals surface area contributed by atoms with E-state index in [1.165, 1.54) is 5.69 Å². The molecule has 3 aromatic rings. The van der Waals surface area contributed by atoms with Crippen molar-refractivity contribution in [3.8, 4) is 0 Å². The number of amides is 1. The van der Waals surface area contributed by atoms with Crippen LogP contribution in [-0.4, -0.2) is 51.9 Å². The molecule has 6 heteroatoms. The molecule has 0 atom stereocenters. The van der Waals surface area contributed by atoms with E-state index in [-0.39, 0.29) is 5.91 Å². The summed E-state index contributed by atoms with van der Waals surface area (Å²) in [5, 5.41) is 1.82. The molecule has 0 unspecified atom stereocenters. The number of H-pyrrole nitrogens is 1. The highest BCUT2D eigenvalue weighted by Crippen LogP contribution is 2.27. The van der Waals surface area contributed by atoms with Gasteiger partial charge in [0.25, 0.3) is 0 Å². The largest absolute Gasteiger partial charge is 0.357 e. The van der Waals surface area contributed by atoms with Crippen LogP contribution >= 0.6 is 11.6 Å². The fraction of sp³-hybridized carbons (Fsp3) is 0.364. The SMILES string of the molecule is CC(C)(C(=O)N1CCN(Cc2cc3cnccc3[nH]2)CC1)c1ccc(Cl)cc1. The van der Waals surface area contributed by atoms with Crippen molar-refractivity contribution in [3.63, 3.8) is 0 Å². The Bertz CT molecular complexity index is 939. The summed E-state index contributed by atoms with van der Waals surface area (Å²) in [4.78, 5) is 25.1. The van der Waals surface area contributed by atoms with Crippen molar-refractivity contribution >= 4 is 28.4 Å². The number of carbonyl (C=O) groups excluding carboxylic acids is 1. The number of halogens is 1. The second kappa shape index (κ2) is 7.57. The van der Waals surface area contributed by atoms with Crippen molar-refractivity contribution in [1.29, 1.82) is 0 Å². The van der Waals surface area contributed by atoms with Crippen LogP contribution in [0.1, 0.15) is 25.1 Å². The lowest BCUT2D eigenvalue weighted by atomic mass is 9.83. The molecule has 1 N–H and O–H groups in total. The molecule has 0 bridgehead atoms. The third kappa shape index (κ3) is 3.77. The first kappa shape index (κ1) is 19.0. The maximum absolute atomic E-state index is 13.1. The van der Waals surface area contributed by atoms with Gasteiger partial charge in [0.15, 0.2) is 0 Å². The third-order valence-corrected chi connectivity index (χ3v) is 5.88. The third-order valence-electron chi connectivity index (χ3n) is 5.63. The van der Waals surface area contributed by atoms with Crippen LogP contribution in [0, 0.1) is 0 Å². The van der Waals surface area contributed by atoms with Crippen molar-refractivity contribution < 1.29 is 4.79 Å². The Labute approximate surface area is 170 Å². The first-order chi connectivity index (χ1) is 13.4. The van der Waals surface area contributed by atoms with Crippen molar-refractivity contribution in [1.82, 2.24) is 19.8 Å². The number of nitrogens with one attached hydrogen (secondary N) is 1. The zero-order chi connectivity index (χ0) is 19.7. The predicted octanol–water partition coefficient (Wildman–Crippen LogP) is 3.84. The van der Waals surface area contributed by atoms with E-state index in [2.05, 4.69) is 20.9 Å². The number of rotatable bonds is 4. The highest BCUT2D eigenvalue weighted by molar-refractivity contribution is 6.30. The van der Waals surface area contributed by atoms with Gasteiger partial charge in [-0.25, -0.2) is 0 Å². The molecule has 1 amide bonds. The molecule has 28 heavy (non-hydrogen) atoms. The predicted molar refractivity (Wildman–Crippen MR) is 112 cm³/mol. The van der Waals surface area contributed by atoms with Gasteiger partial charge in [0.2, 0.25) is 5.91 Å². The number of aromatic nitrogens is 2. The van der Waals surface area contributed by atoms with E-state index in [1.807, 2.05) is 55.3 Å². The van der Waals surface area contributed by atoms with Gasteiger partial charge in [-0.15, -0.1) is 0 Å². The maximum atomic E-state index is 13.1. The number of fused-ring (bicyclic) bond motifs is 1. The Balaban J connectivity index is 1.37. The van der Waals surface area contributed by atoms with Gasteiger partial charge in [-0.05, 0) is 43.7 Å². The topological polar surface area (TPSA) is 52.2 Å². The molecule has 1 aliphatic rings. The van der Waals surface area contributed by atoms with Crippen LogP contribution in [0.5, 0.6) is 0 Å². The zero-order valence-corrected chi connectivity index (χ0v) is 17.0. The van der Waals surface area contributed by atoms with Gasteiger partial charge in [-0.3, -0.25) is 14.7 Å². The fourth-order valence-corrected chi connectivity index (χ4v) is 3.98. The van der Waals surface area contributed by atoms with Gasteiger partial charge in [-0.2, -0.15) is 0 Å². The van der Waals surface area contributed by atoms with Gasteiger partial charge in [0.05, 0.1) is 5.41 Å².